The van der Waals surface area contributed by atoms with Gasteiger partial charge in [-0.15, -0.1) is 0 Å². The number of anilines is 2. The summed E-state index contributed by atoms with van der Waals surface area (Å²) in [4.78, 5) is 11.3. The normalized spacial score (nSPS) is 23.5. The van der Waals surface area contributed by atoms with Gasteiger partial charge in [-0.3, -0.25) is 0 Å². The lowest BCUT2D eigenvalue weighted by Gasteiger charge is -2.38. The van der Waals surface area contributed by atoms with Crippen molar-refractivity contribution in [2.24, 2.45) is 0 Å². The lowest BCUT2D eigenvalue weighted by molar-refractivity contribution is 0.0340. The largest absolute Gasteiger partial charge is 0.375 e. The molecule has 0 radical (unpaired) electrons. The molecular weight excluding hydrogens is 240 g/mol. The van der Waals surface area contributed by atoms with Crippen LogP contribution in [0.1, 0.15) is 32.8 Å². The van der Waals surface area contributed by atoms with Crippen LogP contribution < -0.4 is 10.2 Å². The monoisotopic (exact) mass is 264 g/mol. The van der Waals surface area contributed by atoms with Crippen LogP contribution in [0, 0.1) is 6.92 Å². The Morgan fingerprint density at radius 2 is 2.26 bits per heavy atom. The van der Waals surface area contributed by atoms with Crippen LogP contribution in [-0.2, 0) is 4.74 Å². The fourth-order valence-electron chi connectivity index (χ4n) is 2.24. The van der Waals surface area contributed by atoms with E-state index in [4.69, 9.17) is 4.74 Å². The molecule has 5 heteroatoms. The summed E-state index contributed by atoms with van der Waals surface area (Å²) < 4.78 is 5.68. The van der Waals surface area contributed by atoms with Gasteiger partial charge in [0, 0.05) is 24.8 Å². The summed E-state index contributed by atoms with van der Waals surface area (Å²) in [5.74, 6) is 1.74. The number of nitrogens with one attached hydrogen (secondary N) is 1. The zero-order chi connectivity index (χ0) is 13.8. The van der Waals surface area contributed by atoms with E-state index in [-0.39, 0.29) is 6.10 Å². The second-order valence-electron chi connectivity index (χ2n) is 5.27. The fourth-order valence-corrected chi connectivity index (χ4v) is 2.24. The number of morpholine rings is 1. The molecule has 2 rings (SSSR count). The summed E-state index contributed by atoms with van der Waals surface area (Å²) in [5.41, 5.74) is 1.11. The first-order chi connectivity index (χ1) is 9.11. The number of aromatic nitrogens is 2. The van der Waals surface area contributed by atoms with E-state index in [0.29, 0.717) is 12.0 Å². The fraction of sp³-hybridized carbons (Fsp3) is 0.714. The molecule has 1 N–H and O–H groups in total. The van der Waals surface area contributed by atoms with E-state index in [2.05, 4.69) is 47.9 Å². The number of nitrogens with zero attached hydrogens (tertiary/aromatic N) is 3. The molecule has 0 aliphatic carbocycles. The van der Waals surface area contributed by atoms with E-state index in [1.807, 2.05) is 6.20 Å². The topological polar surface area (TPSA) is 50.3 Å². The van der Waals surface area contributed by atoms with Crippen molar-refractivity contribution in [1.82, 2.24) is 9.97 Å². The summed E-state index contributed by atoms with van der Waals surface area (Å²) in [6.07, 6.45) is 3.21. The first-order valence-corrected chi connectivity index (χ1v) is 7.07. The van der Waals surface area contributed by atoms with Crippen molar-refractivity contribution in [2.45, 2.75) is 46.3 Å². The van der Waals surface area contributed by atoms with Crippen LogP contribution in [-0.4, -0.2) is 41.8 Å². The smallest absolute Gasteiger partial charge is 0.224 e. The van der Waals surface area contributed by atoms with E-state index in [0.717, 1.165) is 37.5 Å². The third-order valence-electron chi connectivity index (χ3n) is 3.36. The summed E-state index contributed by atoms with van der Waals surface area (Å²) >= 11 is 0. The highest BCUT2D eigenvalue weighted by atomic mass is 16.5. The molecule has 0 aromatic carbocycles. The van der Waals surface area contributed by atoms with Gasteiger partial charge in [-0.05, 0) is 27.2 Å². The van der Waals surface area contributed by atoms with Crippen LogP contribution in [0.2, 0.25) is 0 Å². The number of ether oxygens (including phenoxy) is 1. The SMILES string of the molecule is CCCNc1ncc(C)c(N2CC(C)OCC2C)n1. The highest BCUT2D eigenvalue weighted by molar-refractivity contribution is 5.50. The van der Waals surface area contributed by atoms with Crippen molar-refractivity contribution < 1.29 is 4.74 Å². The second kappa shape index (κ2) is 6.19. The molecule has 1 fully saturated rings. The van der Waals surface area contributed by atoms with E-state index >= 15 is 0 Å². The molecule has 0 bridgehead atoms. The number of hydrogen-bond donors (Lipinski definition) is 1. The highest BCUT2D eigenvalue weighted by Crippen LogP contribution is 2.23. The number of rotatable bonds is 4. The van der Waals surface area contributed by atoms with Crippen molar-refractivity contribution in [1.29, 1.82) is 0 Å². The van der Waals surface area contributed by atoms with E-state index in [1.54, 1.807) is 0 Å². The third kappa shape index (κ3) is 3.35. The molecule has 0 amide bonds. The lowest BCUT2D eigenvalue weighted by Crippen LogP contribution is -2.48. The molecule has 0 saturated carbocycles. The standard InChI is InChI=1S/C14H24N4O/c1-5-6-15-14-16-7-10(2)13(17-14)18-8-12(4)19-9-11(18)3/h7,11-12H,5-6,8-9H2,1-4H3,(H,15,16,17). The van der Waals surface area contributed by atoms with Gasteiger partial charge in [0.05, 0.1) is 18.8 Å². The molecule has 1 saturated heterocycles. The van der Waals surface area contributed by atoms with Gasteiger partial charge in [-0.2, -0.15) is 4.98 Å². The molecule has 2 atom stereocenters. The van der Waals surface area contributed by atoms with Gasteiger partial charge < -0.3 is 15.0 Å². The van der Waals surface area contributed by atoms with Gasteiger partial charge >= 0.3 is 0 Å². The highest BCUT2D eigenvalue weighted by Gasteiger charge is 2.26. The van der Waals surface area contributed by atoms with Crippen LogP contribution in [0.3, 0.4) is 0 Å². The first kappa shape index (κ1) is 14.1. The van der Waals surface area contributed by atoms with Gasteiger partial charge in [0.2, 0.25) is 5.95 Å². The van der Waals surface area contributed by atoms with Crippen LogP contribution >= 0.6 is 0 Å². The van der Waals surface area contributed by atoms with Gasteiger partial charge in [-0.25, -0.2) is 4.98 Å². The molecule has 1 aliphatic rings. The van der Waals surface area contributed by atoms with Crippen LogP contribution in [0.15, 0.2) is 6.20 Å². The maximum atomic E-state index is 5.68. The maximum absolute atomic E-state index is 5.68. The van der Waals surface area contributed by atoms with Crippen molar-refractivity contribution in [3.63, 3.8) is 0 Å². The Morgan fingerprint density at radius 3 is 3.00 bits per heavy atom. The quantitative estimate of drug-likeness (QED) is 0.903. The molecule has 1 aromatic heterocycles. The second-order valence-corrected chi connectivity index (χ2v) is 5.27. The zero-order valence-corrected chi connectivity index (χ0v) is 12.3. The Kier molecular flexibility index (Phi) is 4.58. The van der Waals surface area contributed by atoms with Gasteiger partial charge in [0.15, 0.2) is 0 Å². The molecular formula is C14H24N4O. The van der Waals surface area contributed by atoms with Crippen molar-refractivity contribution in [3.05, 3.63) is 11.8 Å². The first-order valence-electron chi connectivity index (χ1n) is 7.07. The van der Waals surface area contributed by atoms with Crippen LogP contribution in [0.4, 0.5) is 11.8 Å². The lowest BCUT2D eigenvalue weighted by atomic mass is 10.2. The molecule has 2 heterocycles. The van der Waals surface area contributed by atoms with Crippen molar-refractivity contribution in [2.75, 3.05) is 29.9 Å². The number of aryl methyl sites for hydroxylation is 1. The van der Waals surface area contributed by atoms with Crippen LogP contribution in [0.25, 0.3) is 0 Å². The van der Waals surface area contributed by atoms with Gasteiger partial charge in [0.1, 0.15) is 5.82 Å². The van der Waals surface area contributed by atoms with Gasteiger partial charge in [-0.1, -0.05) is 6.92 Å². The Morgan fingerprint density at radius 1 is 1.47 bits per heavy atom. The molecule has 0 spiro atoms. The third-order valence-corrected chi connectivity index (χ3v) is 3.36. The summed E-state index contributed by atoms with van der Waals surface area (Å²) in [6.45, 7) is 11.0. The summed E-state index contributed by atoms with van der Waals surface area (Å²) in [7, 11) is 0. The molecule has 2 unspecified atom stereocenters. The average molecular weight is 264 g/mol. The zero-order valence-electron chi connectivity index (χ0n) is 12.3. The molecule has 106 valence electrons. The summed E-state index contributed by atoms with van der Waals surface area (Å²) in [6, 6.07) is 0.351. The minimum absolute atomic E-state index is 0.248. The summed E-state index contributed by atoms with van der Waals surface area (Å²) in [5, 5.41) is 3.25. The predicted octanol–water partition coefficient (Wildman–Crippen LogP) is 2.22. The van der Waals surface area contributed by atoms with E-state index in [9.17, 15) is 0 Å². The van der Waals surface area contributed by atoms with Crippen LogP contribution in [0.5, 0.6) is 0 Å². The Labute approximate surface area is 115 Å². The Hall–Kier alpha value is -1.36. The van der Waals surface area contributed by atoms with Crippen molar-refractivity contribution >= 4 is 11.8 Å². The Balaban J connectivity index is 2.21. The minimum atomic E-state index is 0.248. The predicted molar refractivity (Wildman–Crippen MR) is 77.8 cm³/mol. The van der Waals surface area contributed by atoms with Crippen molar-refractivity contribution in [3.8, 4) is 0 Å². The average Bonchev–Trinajstić information content (AvgIpc) is 2.41. The van der Waals surface area contributed by atoms with E-state index in [1.165, 1.54) is 0 Å². The minimum Gasteiger partial charge on any atom is -0.375 e. The molecule has 19 heavy (non-hydrogen) atoms. The molecule has 1 aliphatic heterocycles. The van der Waals surface area contributed by atoms with E-state index < -0.39 is 0 Å². The maximum Gasteiger partial charge on any atom is 0.224 e. The number of hydrogen-bond acceptors (Lipinski definition) is 5. The Bertz CT molecular complexity index is 424. The van der Waals surface area contributed by atoms with Gasteiger partial charge in [0.25, 0.3) is 0 Å². The molecule has 5 nitrogen and oxygen atoms in total. The molecule has 1 aromatic rings.